The Morgan fingerprint density at radius 2 is 0.878 bits per heavy atom. The molecule has 1 aliphatic carbocycles. The summed E-state index contributed by atoms with van der Waals surface area (Å²) < 4.78 is 0. The van der Waals surface area contributed by atoms with Crippen molar-refractivity contribution in [2.45, 2.75) is 19.3 Å². The maximum Gasteiger partial charge on any atom is 0.164 e. The first-order valence-electron chi connectivity index (χ1n) is 16.8. The van der Waals surface area contributed by atoms with Gasteiger partial charge in [0.25, 0.3) is 0 Å². The van der Waals surface area contributed by atoms with Gasteiger partial charge in [0, 0.05) is 22.1 Å². The highest BCUT2D eigenvalue weighted by atomic mass is 15.0. The Morgan fingerprint density at radius 3 is 1.61 bits per heavy atom. The molecule has 0 atom stereocenters. The third-order valence-corrected chi connectivity index (χ3v) is 9.93. The molecule has 0 saturated carbocycles. The van der Waals surface area contributed by atoms with Crippen molar-refractivity contribution in [3.63, 3.8) is 0 Å². The summed E-state index contributed by atoms with van der Waals surface area (Å²) in [7, 11) is 0. The smallest absolute Gasteiger partial charge is 0.164 e. The van der Waals surface area contributed by atoms with Gasteiger partial charge in [-0.05, 0) is 67.4 Å². The summed E-state index contributed by atoms with van der Waals surface area (Å²) in [5.74, 6) is 1.95. The van der Waals surface area contributed by atoms with Crippen molar-refractivity contribution in [2.24, 2.45) is 0 Å². The molecule has 8 aromatic rings. The summed E-state index contributed by atoms with van der Waals surface area (Å²) in [6.45, 7) is 4.66. The second kappa shape index (κ2) is 11.5. The summed E-state index contributed by atoms with van der Waals surface area (Å²) in [6, 6.07) is 57.8. The van der Waals surface area contributed by atoms with E-state index in [-0.39, 0.29) is 5.41 Å². The molecule has 3 heteroatoms. The summed E-state index contributed by atoms with van der Waals surface area (Å²) in [6.07, 6.45) is 0. The van der Waals surface area contributed by atoms with Crippen LogP contribution in [0.3, 0.4) is 0 Å². The van der Waals surface area contributed by atoms with Gasteiger partial charge in [0.2, 0.25) is 0 Å². The maximum atomic E-state index is 5.04. The van der Waals surface area contributed by atoms with Crippen molar-refractivity contribution in [2.75, 3.05) is 0 Å². The second-order valence-electron chi connectivity index (χ2n) is 13.3. The molecular weight excluding hydrogens is 595 g/mol. The van der Waals surface area contributed by atoms with Crippen molar-refractivity contribution in [3.05, 3.63) is 175 Å². The van der Waals surface area contributed by atoms with Crippen LogP contribution in [0.15, 0.2) is 164 Å². The zero-order valence-corrected chi connectivity index (χ0v) is 27.4. The topological polar surface area (TPSA) is 38.7 Å². The van der Waals surface area contributed by atoms with Crippen molar-refractivity contribution in [3.8, 4) is 67.5 Å². The van der Waals surface area contributed by atoms with Gasteiger partial charge in [-0.3, -0.25) is 0 Å². The van der Waals surface area contributed by atoms with E-state index in [0.717, 1.165) is 33.4 Å². The monoisotopic (exact) mass is 627 g/mol. The Labute approximate surface area is 286 Å². The molecule has 0 spiro atoms. The quantitative estimate of drug-likeness (QED) is 0.191. The van der Waals surface area contributed by atoms with E-state index in [1.165, 1.54) is 38.6 Å². The zero-order chi connectivity index (χ0) is 33.0. The van der Waals surface area contributed by atoms with Gasteiger partial charge >= 0.3 is 0 Å². The fraction of sp³-hybridized carbons (Fsp3) is 0.0652. The van der Waals surface area contributed by atoms with Crippen LogP contribution in [0.4, 0.5) is 0 Å². The van der Waals surface area contributed by atoms with Crippen molar-refractivity contribution in [1.82, 2.24) is 15.0 Å². The first kappa shape index (κ1) is 29.0. The molecule has 0 aliphatic heterocycles. The molecular formula is C46H33N3. The average Bonchev–Trinajstić information content (AvgIpc) is 3.41. The maximum absolute atomic E-state index is 5.04. The lowest BCUT2D eigenvalue weighted by Crippen LogP contribution is -2.14. The summed E-state index contributed by atoms with van der Waals surface area (Å²) in [5, 5.41) is 2.53. The molecule has 49 heavy (non-hydrogen) atoms. The standard InChI is InChI=1S/C46H33N3/c1-46(2)40-19-10-9-18-39(40)42-38-26-24-35(28-36(38)25-27-41(42)46)34-16-11-17-37(29-34)45-48-43(32-14-7-4-8-15-32)47-44(49-45)33-22-20-31(21-23-33)30-12-5-3-6-13-30/h3-29H,1-2H3. The SMILES string of the molecule is CC1(C)c2ccccc2-c2c1ccc1cc(-c3cccc(-c4nc(-c5ccccc5)nc(-c5ccc(-c6ccccc6)cc5)n4)c3)ccc21. The Kier molecular flexibility index (Phi) is 6.80. The molecule has 1 aromatic heterocycles. The fourth-order valence-electron chi connectivity index (χ4n) is 7.34. The largest absolute Gasteiger partial charge is 0.208 e. The van der Waals surface area contributed by atoms with Gasteiger partial charge in [-0.1, -0.05) is 166 Å². The molecule has 0 amide bonds. The van der Waals surface area contributed by atoms with Crippen molar-refractivity contribution < 1.29 is 0 Å². The first-order valence-corrected chi connectivity index (χ1v) is 16.8. The van der Waals surface area contributed by atoms with Gasteiger partial charge in [0.1, 0.15) is 0 Å². The third-order valence-electron chi connectivity index (χ3n) is 9.93. The molecule has 0 unspecified atom stereocenters. The van der Waals surface area contributed by atoms with E-state index in [1.807, 2.05) is 36.4 Å². The molecule has 0 fully saturated rings. The van der Waals surface area contributed by atoms with Crippen LogP contribution in [0, 0.1) is 0 Å². The normalized spacial score (nSPS) is 12.9. The highest BCUT2D eigenvalue weighted by Gasteiger charge is 2.36. The molecule has 0 saturated heterocycles. The molecule has 9 rings (SSSR count). The molecule has 0 N–H and O–H groups in total. The van der Waals surface area contributed by atoms with Gasteiger partial charge in [-0.25, -0.2) is 15.0 Å². The molecule has 1 aliphatic rings. The molecule has 0 bridgehead atoms. The second-order valence-corrected chi connectivity index (χ2v) is 13.3. The summed E-state index contributed by atoms with van der Waals surface area (Å²) in [4.78, 5) is 15.0. The average molecular weight is 628 g/mol. The van der Waals surface area contributed by atoms with Crippen LogP contribution in [0.2, 0.25) is 0 Å². The molecule has 1 heterocycles. The summed E-state index contributed by atoms with van der Waals surface area (Å²) >= 11 is 0. The number of benzene rings is 7. The minimum absolute atomic E-state index is 0.0148. The summed E-state index contributed by atoms with van der Waals surface area (Å²) in [5.41, 5.74) is 13.0. The lowest BCUT2D eigenvalue weighted by Gasteiger charge is -2.21. The first-order chi connectivity index (χ1) is 24.0. The van der Waals surface area contributed by atoms with E-state index >= 15 is 0 Å². The van der Waals surface area contributed by atoms with Crippen LogP contribution in [0.25, 0.3) is 78.3 Å². The fourth-order valence-corrected chi connectivity index (χ4v) is 7.34. The van der Waals surface area contributed by atoms with E-state index in [2.05, 4.69) is 141 Å². The Morgan fingerprint density at radius 1 is 0.367 bits per heavy atom. The molecule has 0 radical (unpaired) electrons. The van der Waals surface area contributed by atoms with Gasteiger partial charge in [0.05, 0.1) is 0 Å². The van der Waals surface area contributed by atoms with E-state index in [0.29, 0.717) is 17.5 Å². The number of rotatable bonds is 5. The number of nitrogens with zero attached hydrogens (tertiary/aromatic N) is 3. The van der Waals surface area contributed by atoms with E-state index < -0.39 is 0 Å². The number of fused-ring (bicyclic) bond motifs is 5. The van der Waals surface area contributed by atoms with Crippen LogP contribution in [-0.2, 0) is 5.41 Å². The van der Waals surface area contributed by atoms with E-state index in [9.17, 15) is 0 Å². The Hall–Kier alpha value is -6.19. The predicted molar refractivity (Wildman–Crippen MR) is 202 cm³/mol. The number of hydrogen-bond donors (Lipinski definition) is 0. The third kappa shape index (κ3) is 5.03. The van der Waals surface area contributed by atoms with Crippen LogP contribution >= 0.6 is 0 Å². The van der Waals surface area contributed by atoms with Gasteiger partial charge < -0.3 is 0 Å². The predicted octanol–water partition coefficient (Wildman–Crippen LogP) is 11.7. The minimum atomic E-state index is -0.0148. The zero-order valence-electron chi connectivity index (χ0n) is 27.4. The van der Waals surface area contributed by atoms with Crippen LogP contribution < -0.4 is 0 Å². The number of hydrogen-bond acceptors (Lipinski definition) is 3. The molecule has 7 aromatic carbocycles. The molecule has 3 nitrogen and oxygen atoms in total. The van der Waals surface area contributed by atoms with E-state index in [1.54, 1.807) is 0 Å². The van der Waals surface area contributed by atoms with Crippen molar-refractivity contribution >= 4 is 10.8 Å². The Balaban J connectivity index is 1.12. The lowest BCUT2D eigenvalue weighted by molar-refractivity contribution is 0.661. The van der Waals surface area contributed by atoms with Crippen molar-refractivity contribution in [1.29, 1.82) is 0 Å². The van der Waals surface area contributed by atoms with Crippen LogP contribution in [-0.4, -0.2) is 15.0 Å². The minimum Gasteiger partial charge on any atom is -0.208 e. The molecule has 232 valence electrons. The highest BCUT2D eigenvalue weighted by Crippen LogP contribution is 2.51. The Bertz CT molecular complexity index is 2500. The van der Waals surface area contributed by atoms with Gasteiger partial charge in [0.15, 0.2) is 17.5 Å². The van der Waals surface area contributed by atoms with Gasteiger partial charge in [-0.2, -0.15) is 0 Å². The lowest BCUT2D eigenvalue weighted by atomic mass is 9.82. The van der Waals surface area contributed by atoms with Gasteiger partial charge in [-0.15, -0.1) is 0 Å². The van der Waals surface area contributed by atoms with E-state index in [4.69, 9.17) is 15.0 Å². The highest BCUT2D eigenvalue weighted by molar-refractivity contribution is 6.03. The van der Waals surface area contributed by atoms with Crippen LogP contribution in [0.1, 0.15) is 25.0 Å². The van der Waals surface area contributed by atoms with Crippen LogP contribution in [0.5, 0.6) is 0 Å². The number of aromatic nitrogens is 3.